The number of hydrogen-bond acceptors (Lipinski definition) is 5. The van der Waals surface area contributed by atoms with Crippen molar-refractivity contribution in [1.29, 1.82) is 0 Å². The fourth-order valence-electron chi connectivity index (χ4n) is 2.91. The number of aliphatic hydroxyl groups is 1. The zero-order chi connectivity index (χ0) is 18.2. The number of carbonyl (C=O) groups excluding carboxylic acids is 1. The maximum absolute atomic E-state index is 11.9. The number of nitrogens with zero attached hydrogens (tertiary/aromatic N) is 2. The van der Waals surface area contributed by atoms with Crippen LogP contribution < -0.4 is 10.1 Å². The van der Waals surface area contributed by atoms with Gasteiger partial charge in [-0.1, -0.05) is 6.07 Å². The number of nitrogens with one attached hydrogen (secondary N) is 2. The number of amides is 2. The Bertz CT molecular complexity index is 705. The van der Waals surface area contributed by atoms with Gasteiger partial charge >= 0.3 is 6.03 Å². The molecule has 1 atom stereocenters. The van der Waals surface area contributed by atoms with Gasteiger partial charge < -0.3 is 24.8 Å². The van der Waals surface area contributed by atoms with E-state index in [4.69, 9.17) is 9.47 Å². The highest BCUT2D eigenvalue weighted by Crippen LogP contribution is 2.23. The summed E-state index contributed by atoms with van der Waals surface area (Å²) in [6, 6.07) is 5.65. The third-order valence-electron chi connectivity index (χ3n) is 4.41. The summed E-state index contributed by atoms with van der Waals surface area (Å²) < 4.78 is 10.9. The first-order chi connectivity index (χ1) is 12.7. The number of aromatic nitrogens is 2. The second-order valence-corrected chi connectivity index (χ2v) is 6.38. The highest BCUT2D eigenvalue weighted by atomic mass is 32.1. The first-order valence-electron chi connectivity index (χ1n) is 9.07. The molecule has 1 fully saturated rings. The molecule has 0 radical (unpaired) electrons. The van der Waals surface area contributed by atoms with Crippen molar-refractivity contribution in [3.63, 3.8) is 0 Å². The van der Waals surface area contributed by atoms with Crippen LogP contribution in [0.2, 0.25) is 0 Å². The van der Waals surface area contributed by atoms with Crippen LogP contribution in [-0.2, 0) is 4.74 Å². The molecule has 2 aromatic rings. The Balaban J connectivity index is 0.00000261. The zero-order valence-electron chi connectivity index (χ0n) is 15.3. The second-order valence-electron chi connectivity index (χ2n) is 6.38. The van der Waals surface area contributed by atoms with Crippen molar-refractivity contribution in [1.82, 2.24) is 20.4 Å². The lowest BCUT2D eigenvalue weighted by molar-refractivity contribution is 0.0532. The molecule has 9 heteroatoms. The number of aromatic amines is 1. The largest absolute Gasteiger partial charge is 0.490 e. The molecule has 2 heterocycles. The van der Waals surface area contributed by atoms with E-state index < -0.39 is 6.10 Å². The van der Waals surface area contributed by atoms with Gasteiger partial charge in [0.05, 0.1) is 36.4 Å². The second kappa shape index (κ2) is 11.0. The molecular weight excluding hydrogens is 368 g/mol. The van der Waals surface area contributed by atoms with E-state index in [0.29, 0.717) is 45.0 Å². The number of urea groups is 1. The number of rotatable bonds is 8. The lowest BCUT2D eigenvalue weighted by Gasteiger charge is -2.26. The topological polar surface area (TPSA) is 99.7 Å². The normalized spacial score (nSPS) is 15.2. The molecule has 0 saturated carbocycles. The smallest absolute Gasteiger partial charge is 0.317 e. The summed E-state index contributed by atoms with van der Waals surface area (Å²) in [6.45, 7) is 3.34. The molecular formula is C18H28N4O4S. The summed E-state index contributed by atoms with van der Waals surface area (Å²) >= 11 is 0. The van der Waals surface area contributed by atoms with Crippen LogP contribution >= 0.6 is 13.5 Å². The monoisotopic (exact) mass is 396 g/mol. The van der Waals surface area contributed by atoms with Gasteiger partial charge in [-0.2, -0.15) is 18.6 Å². The minimum atomic E-state index is -0.535. The Morgan fingerprint density at radius 1 is 1.37 bits per heavy atom. The molecule has 3 N–H and O–H groups in total. The van der Waals surface area contributed by atoms with Crippen molar-refractivity contribution in [2.24, 2.45) is 0 Å². The summed E-state index contributed by atoms with van der Waals surface area (Å²) in [6.07, 6.45) is 3.46. The highest BCUT2D eigenvalue weighted by Gasteiger charge is 2.15. The molecule has 0 aliphatic carbocycles. The quantitative estimate of drug-likeness (QED) is 0.589. The third kappa shape index (κ3) is 6.30. The fraction of sp³-hybridized carbons (Fsp3) is 0.556. The molecule has 1 aromatic carbocycles. The van der Waals surface area contributed by atoms with Gasteiger partial charge in [0.25, 0.3) is 0 Å². The van der Waals surface area contributed by atoms with E-state index in [0.717, 1.165) is 23.7 Å². The van der Waals surface area contributed by atoms with E-state index in [2.05, 4.69) is 15.5 Å². The number of hydrogen-bond donors (Lipinski definition) is 3. The van der Waals surface area contributed by atoms with Crippen LogP contribution in [0.4, 0.5) is 4.79 Å². The Kier molecular flexibility index (Phi) is 8.70. The van der Waals surface area contributed by atoms with Crippen molar-refractivity contribution < 1.29 is 19.4 Å². The van der Waals surface area contributed by atoms with Gasteiger partial charge in [-0.15, -0.1) is 0 Å². The van der Waals surface area contributed by atoms with Gasteiger partial charge in [0, 0.05) is 19.6 Å². The number of ether oxygens (including phenoxy) is 2. The summed E-state index contributed by atoms with van der Waals surface area (Å²) in [5, 5.41) is 20.8. The highest BCUT2D eigenvalue weighted by molar-refractivity contribution is 7.59. The van der Waals surface area contributed by atoms with Crippen LogP contribution in [0.5, 0.6) is 5.75 Å². The first kappa shape index (κ1) is 21.3. The van der Waals surface area contributed by atoms with Crippen LogP contribution in [-0.4, -0.2) is 71.8 Å². The van der Waals surface area contributed by atoms with Crippen LogP contribution in [0.15, 0.2) is 24.4 Å². The zero-order valence-corrected chi connectivity index (χ0v) is 16.3. The predicted octanol–water partition coefficient (Wildman–Crippen LogP) is 1.63. The first-order valence-corrected chi connectivity index (χ1v) is 9.07. The SMILES string of the molecule is O=C(NCCCC[C@H](O)COc1cccc2[nH]ncc12)N1CCOCC1.S. The number of unbranched alkanes of at least 4 members (excludes halogenated alkanes) is 1. The molecule has 1 aromatic heterocycles. The molecule has 1 aliphatic rings. The number of carbonyl (C=O) groups is 1. The van der Waals surface area contributed by atoms with E-state index >= 15 is 0 Å². The standard InChI is InChI=1S/C18H26N4O4.H2S/c23-14(13-26-17-6-3-5-16-15(17)12-20-21-16)4-1-2-7-19-18(24)22-8-10-25-11-9-22;/h3,5-6,12,14,23H,1-2,4,7-11,13H2,(H,19,24)(H,20,21);1H2/t14-;/m0./s1. The molecule has 0 bridgehead atoms. The Morgan fingerprint density at radius 3 is 3.00 bits per heavy atom. The number of fused-ring (bicyclic) bond motifs is 1. The molecule has 0 unspecified atom stereocenters. The van der Waals surface area contributed by atoms with Crippen molar-refractivity contribution in [3.8, 4) is 5.75 Å². The Labute approximate surface area is 165 Å². The molecule has 150 valence electrons. The molecule has 27 heavy (non-hydrogen) atoms. The van der Waals surface area contributed by atoms with Gasteiger partial charge in [0.1, 0.15) is 12.4 Å². The van der Waals surface area contributed by atoms with Crippen LogP contribution in [0.3, 0.4) is 0 Å². The number of H-pyrrole nitrogens is 1. The van der Waals surface area contributed by atoms with E-state index in [9.17, 15) is 9.90 Å². The van der Waals surface area contributed by atoms with Gasteiger partial charge in [-0.05, 0) is 31.4 Å². The maximum atomic E-state index is 11.9. The maximum Gasteiger partial charge on any atom is 0.317 e. The average molecular weight is 397 g/mol. The fourth-order valence-corrected chi connectivity index (χ4v) is 2.91. The molecule has 0 spiro atoms. The van der Waals surface area contributed by atoms with Gasteiger partial charge in [0.2, 0.25) is 0 Å². The van der Waals surface area contributed by atoms with Crippen LogP contribution in [0.25, 0.3) is 10.9 Å². The van der Waals surface area contributed by atoms with Gasteiger partial charge in [0.15, 0.2) is 0 Å². The average Bonchev–Trinajstić information content (AvgIpc) is 3.16. The van der Waals surface area contributed by atoms with Crippen molar-refractivity contribution in [3.05, 3.63) is 24.4 Å². The van der Waals surface area contributed by atoms with E-state index in [1.165, 1.54) is 0 Å². The van der Waals surface area contributed by atoms with E-state index in [-0.39, 0.29) is 26.1 Å². The lowest BCUT2D eigenvalue weighted by atomic mass is 10.1. The number of aliphatic hydroxyl groups excluding tert-OH is 1. The molecule has 1 saturated heterocycles. The summed E-state index contributed by atoms with van der Waals surface area (Å²) in [7, 11) is 0. The van der Waals surface area contributed by atoms with Crippen molar-refractivity contribution in [2.75, 3.05) is 39.5 Å². The van der Waals surface area contributed by atoms with Crippen LogP contribution in [0.1, 0.15) is 19.3 Å². The molecule has 3 rings (SSSR count). The molecule has 2 amide bonds. The summed E-state index contributed by atoms with van der Waals surface area (Å²) in [5.74, 6) is 0.716. The summed E-state index contributed by atoms with van der Waals surface area (Å²) in [4.78, 5) is 13.7. The third-order valence-corrected chi connectivity index (χ3v) is 4.41. The van der Waals surface area contributed by atoms with Gasteiger partial charge in [-0.3, -0.25) is 5.10 Å². The Morgan fingerprint density at radius 2 is 2.19 bits per heavy atom. The van der Waals surface area contributed by atoms with E-state index in [1.807, 2.05) is 18.2 Å². The summed E-state index contributed by atoms with van der Waals surface area (Å²) in [5.41, 5.74) is 0.910. The van der Waals surface area contributed by atoms with Crippen LogP contribution in [0, 0.1) is 0 Å². The minimum absolute atomic E-state index is 0. The molecule has 1 aliphatic heterocycles. The number of morpholine rings is 1. The van der Waals surface area contributed by atoms with E-state index in [1.54, 1.807) is 11.1 Å². The lowest BCUT2D eigenvalue weighted by Crippen LogP contribution is -2.46. The van der Waals surface area contributed by atoms with Crippen molar-refractivity contribution >= 4 is 30.4 Å². The Hall–Kier alpha value is -1.97. The number of benzene rings is 1. The molecule has 8 nitrogen and oxygen atoms in total. The van der Waals surface area contributed by atoms with Crippen molar-refractivity contribution in [2.45, 2.75) is 25.4 Å². The van der Waals surface area contributed by atoms with Gasteiger partial charge in [-0.25, -0.2) is 4.79 Å². The minimum Gasteiger partial charge on any atom is -0.490 e. The predicted molar refractivity (Wildman–Crippen MR) is 108 cm³/mol.